The number of aromatic nitrogens is 2. The van der Waals surface area contributed by atoms with E-state index >= 15 is 0 Å². The van der Waals surface area contributed by atoms with E-state index in [0.717, 1.165) is 44.6 Å². The van der Waals surface area contributed by atoms with Crippen LogP contribution in [0.5, 0.6) is 0 Å². The molecule has 0 saturated carbocycles. The lowest BCUT2D eigenvalue weighted by atomic mass is 10.00. The Labute approximate surface area is 125 Å². The zero-order valence-electron chi connectivity index (χ0n) is 12.5. The van der Waals surface area contributed by atoms with E-state index in [-0.39, 0.29) is 0 Å². The van der Waals surface area contributed by atoms with Crippen molar-refractivity contribution in [3.05, 3.63) is 58.2 Å². The normalized spacial score (nSPS) is 17.6. The molecule has 21 heavy (non-hydrogen) atoms. The number of hydrogen-bond donors (Lipinski definition) is 1. The van der Waals surface area contributed by atoms with Crippen molar-refractivity contribution >= 4 is 0 Å². The average Bonchev–Trinajstić information content (AvgIpc) is 2.98. The minimum atomic E-state index is 0.458. The maximum absolute atomic E-state index is 4.93. The molecule has 0 atom stereocenters. The minimum absolute atomic E-state index is 0.458. The molecule has 1 N–H and O–H groups in total. The van der Waals surface area contributed by atoms with Gasteiger partial charge >= 0.3 is 0 Å². The van der Waals surface area contributed by atoms with Crippen molar-refractivity contribution in [2.45, 2.75) is 45.1 Å². The molecule has 0 spiro atoms. The van der Waals surface area contributed by atoms with Crippen LogP contribution in [0, 0.1) is 0 Å². The fourth-order valence-electron chi connectivity index (χ4n) is 3.67. The molecular formula is C18H21N3. The Morgan fingerprint density at radius 3 is 2.62 bits per heavy atom. The van der Waals surface area contributed by atoms with E-state index in [1.54, 1.807) is 0 Å². The van der Waals surface area contributed by atoms with Gasteiger partial charge in [0.2, 0.25) is 0 Å². The maximum Gasteiger partial charge on any atom is 0.132 e. The summed E-state index contributed by atoms with van der Waals surface area (Å²) in [6.07, 6.45) is 4.26. The topological polar surface area (TPSA) is 37.8 Å². The second kappa shape index (κ2) is 5.23. The molecule has 2 aromatic rings. The van der Waals surface area contributed by atoms with Gasteiger partial charge in [-0.1, -0.05) is 31.2 Å². The van der Waals surface area contributed by atoms with Gasteiger partial charge in [-0.3, -0.25) is 0 Å². The number of nitrogens with zero attached hydrogens (tertiary/aromatic N) is 2. The van der Waals surface area contributed by atoms with E-state index < -0.39 is 0 Å². The van der Waals surface area contributed by atoms with E-state index in [0.29, 0.717) is 5.92 Å². The fraction of sp³-hybridized carbons (Fsp3) is 0.444. The molecule has 3 nitrogen and oxygen atoms in total. The van der Waals surface area contributed by atoms with Crippen molar-refractivity contribution < 1.29 is 0 Å². The first-order valence-corrected chi connectivity index (χ1v) is 8.01. The highest BCUT2D eigenvalue weighted by Gasteiger charge is 2.26. The third kappa shape index (κ3) is 2.26. The Morgan fingerprint density at radius 1 is 1.14 bits per heavy atom. The molecule has 2 heterocycles. The summed E-state index contributed by atoms with van der Waals surface area (Å²) in [5.74, 6) is 1.52. The van der Waals surface area contributed by atoms with Crippen molar-refractivity contribution in [3.63, 3.8) is 0 Å². The zero-order chi connectivity index (χ0) is 14.2. The summed E-state index contributed by atoms with van der Waals surface area (Å²) >= 11 is 0. The molecule has 4 rings (SSSR count). The average molecular weight is 279 g/mol. The summed E-state index contributed by atoms with van der Waals surface area (Å²) < 4.78 is 0. The Hall–Kier alpha value is -1.74. The van der Waals surface area contributed by atoms with Crippen molar-refractivity contribution in [1.29, 1.82) is 0 Å². The molecule has 3 heteroatoms. The largest absolute Gasteiger partial charge is 0.311 e. The SMILES string of the molecule is CCc1nc(C2Cc3ccccc3C2)nc2c1CCNC2. The van der Waals surface area contributed by atoms with E-state index in [9.17, 15) is 0 Å². The van der Waals surface area contributed by atoms with Crippen molar-refractivity contribution in [1.82, 2.24) is 15.3 Å². The van der Waals surface area contributed by atoms with Crippen LogP contribution >= 0.6 is 0 Å². The predicted octanol–water partition coefficient (Wildman–Crippen LogP) is 2.57. The second-order valence-electron chi connectivity index (χ2n) is 6.11. The molecule has 1 aliphatic carbocycles. The molecule has 0 unspecified atom stereocenters. The van der Waals surface area contributed by atoms with Crippen LogP contribution in [0.25, 0.3) is 0 Å². The standard InChI is InChI=1S/C18H21N3/c1-2-16-15-7-8-19-11-17(15)21-18(20-16)14-9-12-5-3-4-6-13(12)10-14/h3-6,14,19H,2,7-11H2,1H3. The molecule has 2 aliphatic rings. The number of rotatable bonds is 2. The number of fused-ring (bicyclic) bond motifs is 2. The van der Waals surface area contributed by atoms with Crippen LogP contribution in [0.1, 0.15) is 46.7 Å². The van der Waals surface area contributed by atoms with Crippen LogP contribution in [0.2, 0.25) is 0 Å². The highest BCUT2D eigenvalue weighted by molar-refractivity contribution is 5.36. The van der Waals surface area contributed by atoms with E-state index in [2.05, 4.69) is 36.5 Å². The van der Waals surface area contributed by atoms with Gasteiger partial charge in [0.05, 0.1) is 5.69 Å². The first kappa shape index (κ1) is 13.0. The molecule has 1 aromatic carbocycles. The van der Waals surface area contributed by atoms with Crippen LogP contribution in [0.15, 0.2) is 24.3 Å². The summed E-state index contributed by atoms with van der Waals surface area (Å²) in [4.78, 5) is 9.84. The molecule has 0 amide bonds. The van der Waals surface area contributed by atoms with Gasteiger partial charge in [-0.15, -0.1) is 0 Å². The lowest BCUT2D eigenvalue weighted by Crippen LogP contribution is -2.27. The van der Waals surface area contributed by atoms with Crippen LogP contribution in [-0.4, -0.2) is 16.5 Å². The lowest BCUT2D eigenvalue weighted by Gasteiger charge is -2.21. The Morgan fingerprint density at radius 2 is 1.90 bits per heavy atom. The predicted molar refractivity (Wildman–Crippen MR) is 83.4 cm³/mol. The minimum Gasteiger partial charge on any atom is -0.311 e. The smallest absolute Gasteiger partial charge is 0.132 e. The summed E-state index contributed by atoms with van der Waals surface area (Å²) in [5.41, 5.74) is 6.85. The van der Waals surface area contributed by atoms with Gasteiger partial charge in [0.1, 0.15) is 5.82 Å². The Kier molecular flexibility index (Phi) is 3.23. The molecule has 1 aromatic heterocycles. The van der Waals surface area contributed by atoms with Crippen LogP contribution in [0.3, 0.4) is 0 Å². The molecule has 0 radical (unpaired) electrons. The first-order valence-electron chi connectivity index (χ1n) is 8.01. The summed E-state index contributed by atoms with van der Waals surface area (Å²) in [6.45, 7) is 4.16. The molecular weight excluding hydrogens is 258 g/mol. The highest BCUT2D eigenvalue weighted by Crippen LogP contribution is 2.33. The van der Waals surface area contributed by atoms with E-state index in [4.69, 9.17) is 9.97 Å². The number of hydrogen-bond acceptors (Lipinski definition) is 3. The van der Waals surface area contributed by atoms with Crippen molar-refractivity contribution in [2.24, 2.45) is 0 Å². The van der Waals surface area contributed by atoms with Gasteiger partial charge < -0.3 is 5.32 Å². The van der Waals surface area contributed by atoms with E-state index in [1.165, 1.54) is 28.1 Å². The summed E-state index contributed by atoms with van der Waals surface area (Å²) in [5, 5.41) is 3.44. The van der Waals surface area contributed by atoms with Gasteiger partial charge in [0, 0.05) is 18.2 Å². The summed E-state index contributed by atoms with van der Waals surface area (Å²) in [6, 6.07) is 8.76. The number of aryl methyl sites for hydroxylation is 1. The molecule has 0 bridgehead atoms. The van der Waals surface area contributed by atoms with Gasteiger partial charge in [-0.2, -0.15) is 0 Å². The fourth-order valence-corrected chi connectivity index (χ4v) is 3.67. The molecule has 1 aliphatic heterocycles. The number of benzene rings is 1. The molecule has 0 saturated heterocycles. The van der Waals surface area contributed by atoms with Crippen LogP contribution in [0.4, 0.5) is 0 Å². The van der Waals surface area contributed by atoms with Crippen LogP contribution < -0.4 is 5.32 Å². The van der Waals surface area contributed by atoms with Gasteiger partial charge in [-0.25, -0.2) is 9.97 Å². The Bertz CT molecular complexity index is 636. The Balaban J connectivity index is 1.70. The number of nitrogens with one attached hydrogen (secondary N) is 1. The molecule has 108 valence electrons. The van der Waals surface area contributed by atoms with Crippen molar-refractivity contribution in [2.75, 3.05) is 6.54 Å². The first-order chi connectivity index (χ1) is 10.3. The maximum atomic E-state index is 4.93. The zero-order valence-corrected chi connectivity index (χ0v) is 12.5. The van der Waals surface area contributed by atoms with Gasteiger partial charge in [-0.05, 0) is 48.9 Å². The van der Waals surface area contributed by atoms with E-state index in [1.807, 2.05) is 0 Å². The second-order valence-corrected chi connectivity index (χ2v) is 6.11. The van der Waals surface area contributed by atoms with Crippen molar-refractivity contribution in [3.8, 4) is 0 Å². The van der Waals surface area contributed by atoms with Gasteiger partial charge in [0.15, 0.2) is 0 Å². The quantitative estimate of drug-likeness (QED) is 0.918. The lowest BCUT2D eigenvalue weighted by molar-refractivity contribution is 0.590. The third-order valence-corrected chi connectivity index (χ3v) is 4.79. The van der Waals surface area contributed by atoms with Crippen LogP contribution in [-0.2, 0) is 32.2 Å². The highest BCUT2D eigenvalue weighted by atomic mass is 15.0. The van der Waals surface area contributed by atoms with Gasteiger partial charge in [0.25, 0.3) is 0 Å². The molecule has 0 fully saturated rings. The summed E-state index contributed by atoms with van der Waals surface area (Å²) in [7, 11) is 0. The monoisotopic (exact) mass is 279 g/mol. The third-order valence-electron chi connectivity index (χ3n) is 4.79.